The molecule has 0 amide bonds. The van der Waals surface area contributed by atoms with E-state index in [1.165, 1.54) is 29.5 Å². The van der Waals surface area contributed by atoms with Crippen LogP contribution in [0.5, 0.6) is 0 Å². The SMILES string of the molecule is Cc1cc(C)c(Nc2cc(C3CC3)nc(N[C@H](C)CO)n2)c(C)c1. The number of anilines is 3. The molecule has 1 heterocycles. The van der Waals surface area contributed by atoms with Crippen molar-refractivity contribution in [1.82, 2.24) is 9.97 Å². The Morgan fingerprint density at radius 1 is 1.12 bits per heavy atom. The molecule has 0 bridgehead atoms. The molecule has 128 valence electrons. The standard InChI is InChI=1S/C19H26N4O/c1-11-7-12(2)18(13(3)8-11)22-17-9-16(15-5-6-15)21-19(23-17)20-14(4)10-24/h7-9,14-15,24H,5-6,10H2,1-4H3,(H2,20,21,22,23)/t14-/m1/s1. The summed E-state index contributed by atoms with van der Waals surface area (Å²) in [6.07, 6.45) is 2.38. The smallest absolute Gasteiger partial charge is 0.225 e. The van der Waals surface area contributed by atoms with Crippen molar-refractivity contribution in [3.8, 4) is 0 Å². The summed E-state index contributed by atoms with van der Waals surface area (Å²) >= 11 is 0. The van der Waals surface area contributed by atoms with Gasteiger partial charge in [0, 0.05) is 23.7 Å². The molecule has 2 aromatic rings. The van der Waals surface area contributed by atoms with Crippen LogP contribution < -0.4 is 10.6 Å². The summed E-state index contributed by atoms with van der Waals surface area (Å²) in [7, 11) is 0. The molecule has 0 unspecified atom stereocenters. The number of aromatic nitrogens is 2. The van der Waals surface area contributed by atoms with E-state index in [0.717, 1.165) is 17.2 Å². The quantitative estimate of drug-likeness (QED) is 0.753. The lowest BCUT2D eigenvalue weighted by Gasteiger charge is -2.16. The average molecular weight is 326 g/mol. The first-order chi connectivity index (χ1) is 11.5. The Balaban J connectivity index is 1.92. The van der Waals surface area contributed by atoms with E-state index in [9.17, 15) is 5.11 Å². The molecule has 1 fully saturated rings. The molecule has 1 aromatic carbocycles. The fourth-order valence-corrected chi connectivity index (χ4v) is 2.95. The van der Waals surface area contributed by atoms with Gasteiger partial charge >= 0.3 is 0 Å². The maximum atomic E-state index is 9.26. The summed E-state index contributed by atoms with van der Waals surface area (Å²) in [5, 5.41) is 15.9. The van der Waals surface area contributed by atoms with Crippen molar-refractivity contribution in [1.29, 1.82) is 0 Å². The van der Waals surface area contributed by atoms with Crippen molar-refractivity contribution >= 4 is 17.5 Å². The van der Waals surface area contributed by atoms with Crippen molar-refractivity contribution in [3.05, 3.63) is 40.6 Å². The molecule has 1 aliphatic rings. The van der Waals surface area contributed by atoms with Crippen LogP contribution in [-0.4, -0.2) is 27.7 Å². The first kappa shape index (κ1) is 16.7. The Labute approximate surface area is 143 Å². The molecule has 0 aliphatic heterocycles. The van der Waals surface area contributed by atoms with Crippen molar-refractivity contribution < 1.29 is 5.11 Å². The molecule has 5 nitrogen and oxygen atoms in total. The second-order valence-corrected chi connectivity index (χ2v) is 6.90. The van der Waals surface area contributed by atoms with E-state index in [0.29, 0.717) is 11.9 Å². The van der Waals surface area contributed by atoms with Crippen LogP contribution in [0, 0.1) is 20.8 Å². The molecule has 3 N–H and O–H groups in total. The highest BCUT2D eigenvalue weighted by Crippen LogP contribution is 2.40. The Bertz CT molecular complexity index is 717. The number of rotatable bonds is 6. The topological polar surface area (TPSA) is 70.1 Å². The maximum Gasteiger partial charge on any atom is 0.225 e. The van der Waals surface area contributed by atoms with Crippen molar-refractivity contribution in [2.45, 2.75) is 52.5 Å². The minimum absolute atomic E-state index is 0.0515. The van der Waals surface area contributed by atoms with E-state index in [-0.39, 0.29) is 12.6 Å². The van der Waals surface area contributed by atoms with Crippen molar-refractivity contribution in [3.63, 3.8) is 0 Å². The fraction of sp³-hybridized carbons (Fsp3) is 0.474. The van der Waals surface area contributed by atoms with Gasteiger partial charge in [0.15, 0.2) is 0 Å². The van der Waals surface area contributed by atoms with E-state index >= 15 is 0 Å². The molecule has 1 atom stereocenters. The molecule has 1 saturated carbocycles. The van der Waals surface area contributed by atoms with Crippen molar-refractivity contribution in [2.24, 2.45) is 0 Å². The number of benzene rings is 1. The first-order valence-electron chi connectivity index (χ1n) is 8.57. The van der Waals surface area contributed by atoms with Crippen LogP contribution in [0.3, 0.4) is 0 Å². The van der Waals surface area contributed by atoms with E-state index < -0.39 is 0 Å². The Kier molecular flexibility index (Phi) is 4.71. The summed E-state index contributed by atoms with van der Waals surface area (Å²) in [6.45, 7) is 8.29. The second-order valence-electron chi connectivity index (χ2n) is 6.90. The molecule has 24 heavy (non-hydrogen) atoms. The summed E-state index contributed by atoms with van der Waals surface area (Å²) < 4.78 is 0. The summed E-state index contributed by atoms with van der Waals surface area (Å²) in [4.78, 5) is 9.20. The summed E-state index contributed by atoms with van der Waals surface area (Å²) in [5.41, 5.74) is 5.84. The lowest BCUT2D eigenvalue weighted by atomic mass is 10.1. The predicted molar refractivity (Wildman–Crippen MR) is 98.1 cm³/mol. The Hall–Kier alpha value is -2.14. The van der Waals surface area contributed by atoms with Gasteiger partial charge in [-0.05, 0) is 51.7 Å². The molecule has 1 aliphatic carbocycles. The van der Waals surface area contributed by atoms with Crippen LogP contribution in [0.1, 0.15) is 48.1 Å². The third kappa shape index (κ3) is 3.85. The Morgan fingerprint density at radius 2 is 1.79 bits per heavy atom. The molecule has 1 aromatic heterocycles. The third-order valence-corrected chi connectivity index (χ3v) is 4.32. The lowest BCUT2D eigenvalue weighted by molar-refractivity contribution is 0.281. The van der Waals surface area contributed by atoms with E-state index in [1.807, 2.05) is 13.0 Å². The van der Waals surface area contributed by atoms with Gasteiger partial charge in [0.05, 0.1) is 12.3 Å². The molecular formula is C19H26N4O. The molecule has 5 heteroatoms. The zero-order valence-electron chi connectivity index (χ0n) is 14.8. The highest BCUT2D eigenvalue weighted by atomic mass is 16.3. The van der Waals surface area contributed by atoms with Gasteiger partial charge in [-0.3, -0.25) is 0 Å². The number of aliphatic hydroxyl groups is 1. The molecule has 0 saturated heterocycles. The molecule has 3 rings (SSSR count). The van der Waals surface area contributed by atoms with E-state index in [2.05, 4.69) is 53.5 Å². The number of aryl methyl sites for hydroxylation is 3. The van der Waals surface area contributed by atoms with Gasteiger partial charge in [0.1, 0.15) is 5.82 Å². The van der Waals surface area contributed by atoms with Gasteiger partial charge in [-0.25, -0.2) is 4.98 Å². The van der Waals surface area contributed by atoms with Crippen LogP contribution in [0.15, 0.2) is 18.2 Å². The Morgan fingerprint density at radius 3 is 2.38 bits per heavy atom. The van der Waals surface area contributed by atoms with Gasteiger partial charge < -0.3 is 15.7 Å². The average Bonchev–Trinajstić information content (AvgIpc) is 3.35. The van der Waals surface area contributed by atoms with E-state index in [1.54, 1.807) is 0 Å². The predicted octanol–water partition coefficient (Wildman–Crippen LogP) is 3.82. The zero-order chi connectivity index (χ0) is 17.3. The van der Waals surface area contributed by atoms with Gasteiger partial charge in [-0.1, -0.05) is 17.7 Å². The monoisotopic (exact) mass is 326 g/mol. The fourth-order valence-electron chi connectivity index (χ4n) is 2.95. The number of hydrogen-bond donors (Lipinski definition) is 3. The minimum atomic E-state index is -0.0739. The van der Waals surface area contributed by atoms with Gasteiger partial charge in [-0.15, -0.1) is 0 Å². The number of aliphatic hydroxyl groups excluding tert-OH is 1. The van der Waals surface area contributed by atoms with Gasteiger partial charge in [0.2, 0.25) is 5.95 Å². The highest BCUT2D eigenvalue weighted by molar-refractivity contribution is 5.66. The van der Waals surface area contributed by atoms with Gasteiger partial charge in [-0.2, -0.15) is 4.98 Å². The minimum Gasteiger partial charge on any atom is -0.394 e. The van der Waals surface area contributed by atoms with Crippen LogP contribution >= 0.6 is 0 Å². The first-order valence-corrected chi connectivity index (χ1v) is 8.57. The van der Waals surface area contributed by atoms with Crippen LogP contribution in [0.25, 0.3) is 0 Å². The largest absolute Gasteiger partial charge is 0.394 e. The van der Waals surface area contributed by atoms with E-state index in [4.69, 9.17) is 0 Å². The summed E-state index contributed by atoms with van der Waals surface area (Å²) in [6, 6.07) is 6.32. The normalized spacial score (nSPS) is 15.2. The molecule has 0 radical (unpaired) electrons. The molecular weight excluding hydrogens is 300 g/mol. The molecule has 0 spiro atoms. The number of nitrogens with zero attached hydrogens (tertiary/aromatic N) is 2. The maximum absolute atomic E-state index is 9.26. The lowest BCUT2D eigenvalue weighted by Crippen LogP contribution is -2.21. The van der Waals surface area contributed by atoms with Crippen LogP contribution in [0.2, 0.25) is 0 Å². The highest BCUT2D eigenvalue weighted by Gasteiger charge is 2.26. The number of nitrogens with one attached hydrogen (secondary N) is 2. The number of hydrogen-bond acceptors (Lipinski definition) is 5. The van der Waals surface area contributed by atoms with Crippen LogP contribution in [-0.2, 0) is 0 Å². The third-order valence-electron chi connectivity index (χ3n) is 4.32. The zero-order valence-corrected chi connectivity index (χ0v) is 14.8. The van der Waals surface area contributed by atoms with Gasteiger partial charge in [0.25, 0.3) is 0 Å². The summed E-state index contributed by atoms with van der Waals surface area (Å²) in [5.74, 6) is 1.92. The van der Waals surface area contributed by atoms with Crippen LogP contribution in [0.4, 0.5) is 17.5 Å². The van der Waals surface area contributed by atoms with Crippen molar-refractivity contribution in [2.75, 3.05) is 17.2 Å². The second kappa shape index (κ2) is 6.77.